The van der Waals surface area contributed by atoms with E-state index in [0.717, 1.165) is 19.3 Å². The summed E-state index contributed by atoms with van der Waals surface area (Å²) in [4.78, 5) is 0. The molecule has 0 heteroatoms. The van der Waals surface area contributed by atoms with Crippen molar-refractivity contribution in [2.75, 3.05) is 0 Å². The number of rotatable bonds is 3. The summed E-state index contributed by atoms with van der Waals surface area (Å²) in [6.45, 7) is 12.8. The Kier molecular flexibility index (Phi) is 5.06. The van der Waals surface area contributed by atoms with Gasteiger partial charge in [0, 0.05) is 12.8 Å². The van der Waals surface area contributed by atoms with Gasteiger partial charge in [0.05, 0.1) is 0 Å². The molecular weight excluding hydrogens is 144 g/mol. The lowest BCUT2D eigenvalue weighted by Crippen LogP contribution is -2.13. The summed E-state index contributed by atoms with van der Waals surface area (Å²) in [5.41, 5.74) is 0.337. The van der Waals surface area contributed by atoms with Crippen molar-refractivity contribution in [3.05, 3.63) is 6.92 Å². The van der Waals surface area contributed by atoms with E-state index >= 15 is 0 Å². The van der Waals surface area contributed by atoms with Gasteiger partial charge in [0.1, 0.15) is 0 Å². The molecule has 1 atom stereocenters. The highest BCUT2D eigenvalue weighted by atomic mass is 14.2. The average molecular weight is 165 g/mol. The van der Waals surface area contributed by atoms with Gasteiger partial charge >= 0.3 is 0 Å². The zero-order chi connectivity index (χ0) is 9.61. The molecule has 1 unspecified atom stereocenters. The third-order valence-electron chi connectivity index (χ3n) is 1.77. The largest absolute Gasteiger partial charge is 0.104 e. The SMILES string of the molecule is [CH2]C(C)CC(C)(C)CC#CCC. The molecule has 0 bridgehead atoms. The Labute approximate surface area is 77.8 Å². The Morgan fingerprint density at radius 3 is 2.33 bits per heavy atom. The quantitative estimate of drug-likeness (QED) is 0.560. The monoisotopic (exact) mass is 165 g/mol. The number of hydrogen-bond donors (Lipinski definition) is 0. The van der Waals surface area contributed by atoms with Gasteiger partial charge in [0.15, 0.2) is 0 Å². The van der Waals surface area contributed by atoms with E-state index in [1.807, 2.05) is 0 Å². The zero-order valence-electron chi connectivity index (χ0n) is 8.91. The lowest BCUT2D eigenvalue weighted by molar-refractivity contribution is 0.308. The predicted octanol–water partition coefficient (Wildman–Crippen LogP) is 3.68. The van der Waals surface area contributed by atoms with E-state index in [1.54, 1.807) is 0 Å². The highest BCUT2D eigenvalue weighted by Crippen LogP contribution is 2.28. The van der Waals surface area contributed by atoms with Gasteiger partial charge in [-0.1, -0.05) is 34.6 Å². The molecule has 12 heavy (non-hydrogen) atoms. The van der Waals surface area contributed by atoms with Crippen LogP contribution in [0.25, 0.3) is 0 Å². The van der Waals surface area contributed by atoms with Gasteiger partial charge in [-0.2, -0.15) is 0 Å². The molecule has 0 aromatic rings. The topological polar surface area (TPSA) is 0 Å². The van der Waals surface area contributed by atoms with Gasteiger partial charge in [-0.15, -0.1) is 11.8 Å². The van der Waals surface area contributed by atoms with Crippen LogP contribution >= 0.6 is 0 Å². The predicted molar refractivity (Wildman–Crippen MR) is 55.6 cm³/mol. The minimum atomic E-state index is 0.337. The Morgan fingerprint density at radius 2 is 1.92 bits per heavy atom. The van der Waals surface area contributed by atoms with Crippen LogP contribution in [0.1, 0.15) is 47.0 Å². The van der Waals surface area contributed by atoms with Crippen LogP contribution in [0.5, 0.6) is 0 Å². The van der Waals surface area contributed by atoms with Gasteiger partial charge in [-0.3, -0.25) is 0 Å². The van der Waals surface area contributed by atoms with Crippen LogP contribution in [0.3, 0.4) is 0 Å². The fourth-order valence-electron chi connectivity index (χ4n) is 1.44. The van der Waals surface area contributed by atoms with Crippen LogP contribution in [-0.2, 0) is 0 Å². The summed E-state index contributed by atoms with van der Waals surface area (Å²) >= 11 is 0. The van der Waals surface area contributed by atoms with Gasteiger partial charge in [0.25, 0.3) is 0 Å². The third-order valence-corrected chi connectivity index (χ3v) is 1.77. The van der Waals surface area contributed by atoms with Gasteiger partial charge in [-0.05, 0) is 17.8 Å². The van der Waals surface area contributed by atoms with Crippen LogP contribution in [0.2, 0.25) is 0 Å². The van der Waals surface area contributed by atoms with Crippen molar-refractivity contribution in [2.24, 2.45) is 11.3 Å². The van der Waals surface area contributed by atoms with E-state index in [2.05, 4.69) is 46.5 Å². The van der Waals surface area contributed by atoms with Crippen LogP contribution in [0.4, 0.5) is 0 Å². The standard InChI is InChI=1S/C12H21/c1-6-7-8-9-12(4,5)10-11(2)3/h11H,2,6,9-10H2,1,3-5H3. The molecule has 69 valence electrons. The van der Waals surface area contributed by atoms with Crippen molar-refractivity contribution in [2.45, 2.75) is 47.0 Å². The lowest BCUT2D eigenvalue weighted by atomic mass is 9.81. The second kappa shape index (κ2) is 5.25. The van der Waals surface area contributed by atoms with Crippen molar-refractivity contribution in [1.82, 2.24) is 0 Å². The highest BCUT2D eigenvalue weighted by molar-refractivity contribution is 5.01. The van der Waals surface area contributed by atoms with Gasteiger partial charge in [-0.25, -0.2) is 0 Å². The van der Waals surface area contributed by atoms with E-state index in [9.17, 15) is 0 Å². The van der Waals surface area contributed by atoms with Crippen molar-refractivity contribution in [3.8, 4) is 11.8 Å². The normalized spacial score (nSPS) is 11.2. The molecule has 0 heterocycles. The maximum atomic E-state index is 4.00. The molecule has 0 aliphatic carbocycles. The summed E-state index contributed by atoms with van der Waals surface area (Å²) in [5, 5.41) is 0. The summed E-state index contributed by atoms with van der Waals surface area (Å²) in [6, 6.07) is 0. The first-order valence-corrected chi connectivity index (χ1v) is 4.77. The number of hydrogen-bond acceptors (Lipinski definition) is 0. The van der Waals surface area contributed by atoms with Crippen molar-refractivity contribution in [1.29, 1.82) is 0 Å². The van der Waals surface area contributed by atoms with Crippen molar-refractivity contribution in [3.63, 3.8) is 0 Å². The average Bonchev–Trinajstić information content (AvgIpc) is 1.84. The smallest absolute Gasteiger partial charge is 0.0140 e. The Hall–Kier alpha value is -0.440. The molecule has 0 saturated heterocycles. The van der Waals surface area contributed by atoms with Gasteiger partial charge in [0.2, 0.25) is 0 Å². The van der Waals surface area contributed by atoms with Crippen LogP contribution in [0.15, 0.2) is 0 Å². The molecule has 0 N–H and O–H groups in total. The first-order valence-electron chi connectivity index (χ1n) is 4.77. The van der Waals surface area contributed by atoms with Crippen molar-refractivity contribution >= 4 is 0 Å². The molecule has 0 aromatic carbocycles. The second-order valence-electron chi connectivity index (χ2n) is 4.36. The Bertz CT molecular complexity index is 164. The molecular formula is C12H21. The van der Waals surface area contributed by atoms with Crippen LogP contribution < -0.4 is 0 Å². The fraction of sp³-hybridized carbons (Fsp3) is 0.750. The maximum Gasteiger partial charge on any atom is 0.0140 e. The lowest BCUT2D eigenvalue weighted by Gasteiger charge is -2.23. The van der Waals surface area contributed by atoms with Crippen LogP contribution in [-0.4, -0.2) is 0 Å². The molecule has 0 spiro atoms. The first kappa shape index (κ1) is 11.6. The molecule has 0 nitrogen and oxygen atoms in total. The minimum Gasteiger partial charge on any atom is -0.104 e. The molecule has 0 aromatic heterocycles. The van der Waals surface area contributed by atoms with E-state index < -0.39 is 0 Å². The molecule has 0 rings (SSSR count). The zero-order valence-corrected chi connectivity index (χ0v) is 8.91. The van der Waals surface area contributed by atoms with E-state index in [0.29, 0.717) is 11.3 Å². The minimum absolute atomic E-state index is 0.337. The molecule has 0 amide bonds. The van der Waals surface area contributed by atoms with E-state index in [4.69, 9.17) is 0 Å². The maximum absolute atomic E-state index is 4.00. The molecule has 0 aliphatic heterocycles. The molecule has 0 aliphatic rings. The summed E-state index contributed by atoms with van der Waals surface area (Å²) < 4.78 is 0. The molecule has 0 saturated carbocycles. The Morgan fingerprint density at radius 1 is 1.33 bits per heavy atom. The van der Waals surface area contributed by atoms with E-state index in [1.165, 1.54) is 0 Å². The van der Waals surface area contributed by atoms with Crippen LogP contribution in [0, 0.1) is 30.1 Å². The highest BCUT2D eigenvalue weighted by Gasteiger charge is 2.17. The van der Waals surface area contributed by atoms with E-state index in [-0.39, 0.29) is 0 Å². The Balaban J connectivity index is 3.86. The summed E-state index contributed by atoms with van der Waals surface area (Å²) in [7, 11) is 0. The van der Waals surface area contributed by atoms with Gasteiger partial charge < -0.3 is 0 Å². The molecule has 0 fully saturated rings. The fourth-order valence-corrected chi connectivity index (χ4v) is 1.44. The molecule has 1 radical (unpaired) electrons. The summed E-state index contributed by atoms with van der Waals surface area (Å²) in [6.07, 6.45) is 3.13. The summed E-state index contributed by atoms with van der Waals surface area (Å²) in [5.74, 6) is 6.84. The first-order chi connectivity index (χ1) is 5.48. The second-order valence-corrected chi connectivity index (χ2v) is 4.36. The third kappa shape index (κ3) is 6.28. The van der Waals surface area contributed by atoms with Crippen molar-refractivity contribution < 1.29 is 0 Å².